The fourth-order valence-corrected chi connectivity index (χ4v) is 2.69. The van der Waals surface area contributed by atoms with Gasteiger partial charge in [-0.25, -0.2) is 0 Å². The van der Waals surface area contributed by atoms with Crippen LogP contribution in [0, 0.1) is 12.8 Å². The van der Waals surface area contributed by atoms with Gasteiger partial charge in [-0.15, -0.1) is 0 Å². The largest absolute Gasteiger partial charge is 0.481 e. The molecule has 5 heteroatoms. The monoisotopic (exact) mass is 281 g/mol. The second kappa shape index (κ2) is 5.61. The van der Waals surface area contributed by atoms with Crippen molar-refractivity contribution in [2.45, 2.75) is 32.2 Å². The molecule has 1 amide bonds. The average Bonchev–Trinajstić information content (AvgIpc) is 2.80. The Kier molecular flexibility index (Phi) is 4.10. The lowest BCUT2D eigenvalue weighted by molar-refractivity contribution is -0.142. The quantitative estimate of drug-likeness (QED) is 0.895. The SMILES string of the molecule is Cc1ccc(Cl)cc1C(=O)NC1CCCC1C(=O)O. The number of amides is 1. The van der Waals surface area contributed by atoms with Crippen LogP contribution < -0.4 is 5.32 Å². The van der Waals surface area contributed by atoms with Crippen LogP contribution in [0.4, 0.5) is 0 Å². The first-order valence-corrected chi connectivity index (χ1v) is 6.66. The summed E-state index contributed by atoms with van der Waals surface area (Å²) in [6.45, 7) is 1.83. The van der Waals surface area contributed by atoms with Crippen LogP contribution in [0.2, 0.25) is 5.02 Å². The summed E-state index contributed by atoms with van der Waals surface area (Å²) in [5.74, 6) is -1.58. The third-order valence-corrected chi connectivity index (χ3v) is 3.83. The molecule has 102 valence electrons. The molecule has 2 unspecified atom stereocenters. The summed E-state index contributed by atoms with van der Waals surface area (Å²) in [6, 6.07) is 4.82. The van der Waals surface area contributed by atoms with Crippen molar-refractivity contribution in [1.29, 1.82) is 0 Å². The third-order valence-electron chi connectivity index (χ3n) is 3.59. The number of carbonyl (C=O) groups excluding carboxylic acids is 1. The predicted octanol–water partition coefficient (Wildman–Crippen LogP) is 2.63. The third kappa shape index (κ3) is 3.07. The fourth-order valence-electron chi connectivity index (χ4n) is 2.51. The number of aliphatic carboxylic acids is 1. The maximum absolute atomic E-state index is 12.2. The first-order valence-electron chi connectivity index (χ1n) is 6.29. The van der Waals surface area contributed by atoms with Crippen molar-refractivity contribution in [2.75, 3.05) is 0 Å². The van der Waals surface area contributed by atoms with Crippen molar-refractivity contribution >= 4 is 23.5 Å². The molecular formula is C14H16ClNO3. The molecule has 2 rings (SSSR count). The number of halogens is 1. The molecule has 1 saturated carbocycles. The van der Waals surface area contributed by atoms with Gasteiger partial charge in [0.05, 0.1) is 5.92 Å². The summed E-state index contributed by atoms with van der Waals surface area (Å²) < 4.78 is 0. The van der Waals surface area contributed by atoms with Crippen LogP contribution >= 0.6 is 11.6 Å². The molecule has 0 aromatic heterocycles. The number of benzene rings is 1. The molecule has 0 spiro atoms. The Morgan fingerprint density at radius 2 is 2.11 bits per heavy atom. The highest BCUT2D eigenvalue weighted by Gasteiger charge is 2.34. The lowest BCUT2D eigenvalue weighted by Gasteiger charge is -2.18. The van der Waals surface area contributed by atoms with Gasteiger partial charge in [-0.1, -0.05) is 24.1 Å². The zero-order valence-corrected chi connectivity index (χ0v) is 11.4. The van der Waals surface area contributed by atoms with Gasteiger partial charge in [0.15, 0.2) is 0 Å². The number of hydrogen-bond acceptors (Lipinski definition) is 2. The molecule has 1 aromatic rings. The van der Waals surface area contributed by atoms with Gasteiger partial charge in [-0.2, -0.15) is 0 Å². The van der Waals surface area contributed by atoms with Gasteiger partial charge < -0.3 is 10.4 Å². The molecule has 1 fully saturated rings. The summed E-state index contributed by atoms with van der Waals surface area (Å²) in [7, 11) is 0. The molecule has 0 aliphatic heterocycles. The minimum absolute atomic E-state index is 0.252. The molecule has 2 atom stereocenters. The number of aryl methyl sites for hydroxylation is 1. The maximum Gasteiger partial charge on any atom is 0.308 e. The van der Waals surface area contributed by atoms with Crippen molar-refractivity contribution < 1.29 is 14.7 Å². The van der Waals surface area contributed by atoms with E-state index in [-0.39, 0.29) is 11.9 Å². The highest BCUT2D eigenvalue weighted by atomic mass is 35.5. The topological polar surface area (TPSA) is 66.4 Å². The Morgan fingerprint density at radius 3 is 2.79 bits per heavy atom. The summed E-state index contributed by atoms with van der Waals surface area (Å²) in [6.07, 6.45) is 2.16. The van der Waals surface area contributed by atoms with Gasteiger partial charge in [-0.05, 0) is 37.5 Å². The number of carboxylic acids is 1. The minimum atomic E-state index is -0.842. The van der Waals surface area contributed by atoms with E-state index in [2.05, 4.69) is 5.32 Å². The van der Waals surface area contributed by atoms with Crippen LogP contribution in [0.5, 0.6) is 0 Å². The highest BCUT2D eigenvalue weighted by Crippen LogP contribution is 2.26. The van der Waals surface area contributed by atoms with Gasteiger partial charge >= 0.3 is 5.97 Å². The van der Waals surface area contributed by atoms with Gasteiger partial charge in [0.1, 0.15) is 0 Å². The normalized spacial score (nSPS) is 22.2. The minimum Gasteiger partial charge on any atom is -0.481 e. The molecule has 0 radical (unpaired) electrons. The van der Waals surface area contributed by atoms with E-state index in [0.29, 0.717) is 23.4 Å². The molecule has 19 heavy (non-hydrogen) atoms. The Hall–Kier alpha value is -1.55. The zero-order chi connectivity index (χ0) is 14.0. The summed E-state index contributed by atoms with van der Waals surface area (Å²) in [4.78, 5) is 23.3. The molecule has 0 saturated heterocycles. The van der Waals surface area contributed by atoms with Gasteiger partial charge in [-0.3, -0.25) is 9.59 Å². The molecule has 4 nitrogen and oxygen atoms in total. The van der Waals surface area contributed by atoms with E-state index in [0.717, 1.165) is 12.0 Å². The van der Waals surface area contributed by atoms with E-state index in [1.54, 1.807) is 18.2 Å². The van der Waals surface area contributed by atoms with Crippen LogP contribution in [0.15, 0.2) is 18.2 Å². The first kappa shape index (κ1) is 13.9. The van der Waals surface area contributed by atoms with Crippen molar-refractivity contribution in [2.24, 2.45) is 5.92 Å². The van der Waals surface area contributed by atoms with Gasteiger partial charge in [0, 0.05) is 16.6 Å². The second-order valence-electron chi connectivity index (χ2n) is 4.91. The van der Waals surface area contributed by atoms with Crippen LogP contribution in [0.3, 0.4) is 0 Å². The molecule has 1 aliphatic rings. The van der Waals surface area contributed by atoms with Crippen molar-refractivity contribution in [1.82, 2.24) is 5.32 Å². The van der Waals surface area contributed by atoms with E-state index in [1.807, 2.05) is 6.92 Å². The predicted molar refractivity (Wildman–Crippen MR) is 72.4 cm³/mol. The number of carbonyl (C=O) groups is 2. The Balaban J connectivity index is 2.12. The summed E-state index contributed by atoms with van der Waals surface area (Å²) >= 11 is 5.88. The number of carboxylic acid groups (broad SMARTS) is 1. The van der Waals surface area contributed by atoms with E-state index in [4.69, 9.17) is 16.7 Å². The Bertz CT molecular complexity index is 515. The molecule has 0 heterocycles. The number of hydrogen-bond donors (Lipinski definition) is 2. The first-order chi connectivity index (χ1) is 8.99. The summed E-state index contributed by atoms with van der Waals surface area (Å²) in [5.41, 5.74) is 1.33. The van der Waals surface area contributed by atoms with E-state index in [9.17, 15) is 9.59 Å². The number of rotatable bonds is 3. The van der Waals surface area contributed by atoms with Crippen molar-refractivity contribution in [3.05, 3.63) is 34.3 Å². The highest BCUT2D eigenvalue weighted by molar-refractivity contribution is 6.31. The van der Waals surface area contributed by atoms with Gasteiger partial charge in [0.25, 0.3) is 5.91 Å². The standard InChI is InChI=1S/C14H16ClNO3/c1-8-5-6-9(15)7-11(8)13(17)16-12-4-2-3-10(12)14(18)19/h5-7,10,12H,2-4H2,1H3,(H,16,17)(H,18,19). The van der Waals surface area contributed by atoms with Crippen molar-refractivity contribution in [3.8, 4) is 0 Å². The Morgan fingerprint density at radius 1 is 1.37 bits per heavy atom. The molecule has 1 aromatic carbocycles. The molecule has 1 aliphatic carbocycles. The second-order valence-corrected chi connectivity index (χ2v) is 5.35. The van der Waals surface area contributed by atoms with Crippen LogP contribution in [-0.4, -0.2) is 23.0 Å². The average molecular weight is 282 g/mol. The van der Waals surface area contributed by atoms with Crippen LogP contribution in [0.1, 0.15) is 35.2 Å². The van der Waals surface area contributed by atoms with Crippen molar-refractivity contribution in [3.63, 3.8) is 0 Å². The lowest BCUT2D eigenvalue weighted by Crippen LogP contribution is -2.40. The fraction of sp³-hybridized carbons (Fsp3) is 0.429. The molecule has 0 bridgehead atoms. The van der Waals surface area contributed by atoms with E-state index >= 15 is 0 Å². The zero-order valence-electron chi connectivity index (χ0n) is 10.6. The summed E-state index contributed by atoms with van der Waals surface area (Å²) in [5, 5.41) is 12.4. The Labute approximate surface area is 116 Å². The van der Waals surface area contributed by atoms with E-state index < -0.39 is 11.9 Å². The lowest BCUT2D eigenvalue weighted by atomic mass is 10.0. The van der Waals surface area contributed by atoms with Crippen LogP contribution in [-0.2, 0) is 4.79 Å². The smallest absolute Gasteiger partial charge is 0.308 e. The molecular weight excluding hydrogens is 266 g/mol. The van der Waals surface area contributed by atoms with Gasteiger partial charge in [0.2, 0.25) is 0 Å². The molecule has 2 N–H and O–H groups in total. The maximum atomic E-state index is 12.2. The van der Waals surface area contributed by atoms with E-state index in [1.165, 1.54) is 0 Å². The number of nitrogens with one attached hydrogen (secondary N) is 1. The van der Waals surface area contributed by atoms with Crippen LogP contribution in [0.25, 0.3) is 0 Å².